The van der Waals surface area contributed by atoms with Crippen LogP contribution < -0.4 is 10.1 Å². The highest BCUT2D eigenvalue weighted by Crippen LogP contribution is 2.41. The van der Waals surface area contributed by atoms with Gasteiger partial charge in [0.05, 0.1) is 42.5 Å². The van der Waals surface area contributed by atoms with Gasteiger partial charge in [0.25, 0.3) is 0 Å². The van der Waals surface area contributed by atoms with Gasteiger partial charge in [-0.15, -0.1) is 11.3 Å². The topological polar surface area (TPSA) is 93.9 Å². The summed E-state index contributed by atoms with van der Waals surface area (Å²) in [6, 6.07) is 3.98. The highest BCUT2D eigenvalue weighted by atomic mass is 32.1. The summed E-state index contributed by atoms with van der Waals surface area (Å²) < 4.78 is 12.6. The van der Waals surface area contributed by atoms with Crippen molar-refractivity contribution in [3.63, 3.8) is 0 Å². The highest BCUT2D eigenvalue weighted by Gasteiger charge is 2.32. The summed E-state index contributed by atoms with van der Waals surface area (Å²) in [4.78, 5) is 26.2. The van der Waals surface area contributed by atoms with Crippen LogP contribution in [0.4, 0.5) is 11.5 Å². The molecule has 1 aliphatic carbocycles. The molecule has 34 heavy (non-hydrogen) atoms. The molecule has 5 rings (SSSR count). The lowest BCUT2D eigenvalue weighted by molar-refractivity contribution is -0.137. The average molecular weight is 481 g/mol. The van der Waals surface area contributed by atoms with Crippen LogP contribution in [0.15, 0.2) is 30.9 Å². The Morgan fingerprint density at radius 2 is 2.24 bits per heavy atom. The summed E-state index contributed by atoms with van der Waals surface area (Å²) in [7, 11) is 5.17. The number of carbonyl (C=O) groups excluding carboxylic acids is 1. The van der Waals surface area contributed by atoms with Gasteiger partial charge in [0.2, 0.25) is 5.91 Å². The van der Waals surface area contributed by atoms with Gasteiger partial charge in [0.15, 0.2) is 5.75 Å². The van der Waals surface area contributed by atoms with Gasteiger partial charge in [-0.2, -0.15) is 5.10 Å². The van der Waals surface area contributed by atoms with Crippen LogP contribution in [0.3, 0.4) is 0 Å². The number of thiophene rings is 1. The van der Waals surface area contributed by atoms with Crippen molar-refractivity contribution >= 4 is 44.5 Å². The Morgan fingerprint density at radius 3 is 3.03 bits per heavy atom. The van der Waals surface area contributed by atoms with Gasteiger partial charge in [-0.1, -0.05) is 0 Å². The minimum Gasteiger partial charge on any atom is -0.493 e. The standard InChI is InChI=1S/C24H28N6O3S/c1-14(12-32-3)29(2)24(31)15-5-6-17-20(9-15)34-23-21(17)22(25-13-26-23)28-18-10-16-7-8-27-30(16)11-19(18)33-4/h7-8,10-11,13-15H,5-6,9,12H2,1-4H3,(H,25,26,28)/t14-,15?/m0/s1. The van der Waals surface area contributed by atoms with Gasteiger partial charge in [0.1, 0.15) is 17.0 Å². The van der Waals surface area contributed by atoms with Gasteiger partial charge < -0.3 is 19.7 Å². The predicted molar refractivity (Wildman–Crippen MR) is 132 cm³/mol. The quantitative estimate of drug-likeness (QED) is 0.431. The smallest absolute Gasteiger partial charge is 0.226 e. The number of nitrogens with zero attached hydrogens (tertiary/aromatic N) is 5. The largest absolute Gasteiger partial charge is 0.493 e. The lowest BCUT2D eigenvalue weighted by Gasteiger charge is -2.30. The minimum absolute atomic E-state index is 0.0291. The maximum absolute atomic E-state index is 13.1. The number of ether oxygens (including phenoxy) is 2. The molecule has 0 saturated carbocycles. The Balaban J connectivity index is 1.45. The Bertz CT molecular complexity index is 1350. The SMILES string of the molecule is COC[C@H](C)N(C)C(=O)C1CCc2c(sc3ncnc(Nc4cc5ccnn5cc4OC)c23)C1. The first kappa shape index (κ1) is 22.5. The fraction of sp³-hybridized carbons (Fsp3) is 0.417. The number of amides is 1. The molecule has 4 aromatic heterocycles. The van der Waals surface area contributed by atoms with Crippen LogP contribution in [0, 0.1) is 5.92 Å². The molecule has 1 N–H and O–H groups in total. The van der Waals surface area contributed by atoms with Gasteiger partial charge in [-0.05, 0) is 43.9 Å². The van der Waals surface area contributed by atoms with E-state index in [4.69, 9.17) is 9.47 Å². The van der Waals surface area contributed by atoms with Crippen LogP contribution in [0.1, 0.15) is 23.8 Å². The summed E-state index contributed by atoms with van der Waals surface area (Å²) in [6.45, 7) is 2.54. The van der Waals surface area contributed by atoms with Crippen LogP contribution in [0.2, 0.25) is 0 Å². The first-order valence-electron chi connectivity index (χ1n) is 11.3. The number of pyridine rings is 1. The molecule has 4 heterocycles. The number of rotatable bonds is 7. The number of hydrogen-bond donors (Lipinski definition) is 1. The third-order valence-corrected chi connectivity index (χ3v) is 7.74. The fourth-order valence-electron chi connectivity index (χ4n) is 4.61. The second kappa shape index (κ2) is 9.19. The summed E-state index contributed by atoms with van der Waals surface area (Å²) in [6.07, 6.45) is 7.53. The first-order valence-corrected chi connectivity index (χ1v) is 12.1. The second-order valence-corrected chi connectivity index (χ2v) is 9.76. The monoisotopic (exact) mass is 480 g/mol. The van der Waals surface area contributed by atoms with Crippen molar-refractivity contribution < 1.29 is 14.3 Å². The molecule has 2 atom stereocenters. The molecule has 0 saturated heterocycles. The van der Waals surface area contributed by atoms with E-state index in [9.17, 15) is 4.79 Å². The minimum atomic E-state index is -0.0291. The number of hydrogen-bond acceptors (Lipinski definition) is 8. The van der Waals surface area contributed by atoms with Crippen LogP contribution in [0.25, 0.3) is 15.7 Å². The van der Waals surface area contributed by atoms with E-state index in [-0.39, 0.29) is 17.9 Å². The van der Waals surface area contributed by atoms with Crippen LogP contribution in [-0.4, -0.2) is 64.3 Å². The van der Waals surface area contributed by atoms with Gasteiger partial charge in [-0.25, -0.2) is 14.5 Å². The number of nitrogens with one attached hydrogen (secondary N) is 1. The highest BCUT2D eigenvalue weighted by molar-refractivity contribution is 7.19. The maximum atomic E-state index is 13.1. The molecule has 4 aromatic rings. The number of anilines is 2. The molecule has 0 radical (unpaired) electrons. The van der Waals surface area contributed by atoms with E-state index in [1.165, 1.54) is 10.4 Å². The third kappa shape index (κ3) is 3.97. The molecule has 0 aliphatic heterocycles. The van der Waals surface area contributed by atoms with E-state index in [1.54, 1.807) is 42.6 Å². The van der Waals surface area contributed by atoms with Crippen molar-refractivity contribution in [3.8, 4) is 5.75 Å². The number of aryl methyl sites for hydroxylation is 1. The molecule has 0 spiro atoms. The zero-order valence-electron chi connectivity index (χ0n) is 19.7. The van der Waals surface area contributed by atoms with Crippen molar-refractivity contribution in [3.05, 3.63) is 41.3 Å². The van der Waals surface area contributed by atoms with Gasteiger partial charge in [-0.3, -0.25) is 4.79 Å². The number of carbonyl (C=O) groups is 1. The Labute approximate surface area is 201 Å². The van der Waals surface area contributed by atoms with Gasteiger partial charge in [0, 0.05) is 31.1 Å². The zero-order valence-corrected chi connectivity index (χ0v) is 20.6. The summed E-state index contributed by atoms with van der Waals surface area (Å²) in [5.41, 5.74) is 3.01. The number of likely N-dealkylation sites (N-methyl/N-ethyl adjacent to an activating group) is 1. The van der Waals surface area contributed by atoms with E-state index in [0.29, 0.717) is 12.4 Å². The fourth-order valence-corrected chi connectivity index (χ4v) is 5.88. The summed E-state index contributed by atoms with van der Waals surface area (Å²) in [5.74, 6) is 1.57. The number of methoxy groups -OCH3 is 2. The molecule has 9 nitrogen and oxygen atoms in total. The average Bonchev–Trinajstić information content (AvgIpc) is 3.46. The van der Waals surface area contributed by atoms with Crippen molar-refractivity contribution in [2.45, 2.75) is 32.2 Å². The van der Waals surface area contributed by atoms with Crippen LogP contribution >= 0.6 is 11.3 Å². The van der Waals surface area contributed by atoms with E-state index < -0.39 is 0 Å². The lowest BCUT2D eigenvalue weighted by Crippen LogP contribution is -2.42. The second-order valence-electron chi connectivity index (χ2n) is 8.68. The zero-order chi connectivity index (χ0) is 23.8. The Hall–Kier alpha value is -3.24. The maximum Gasteiger partial charge on any atom is 0.226 e. The molecule has 0 fully saturated rings. The lowest BCUT2D eigenvalue weighted by atomic mass is 9.86. The molecule has 1 amide bonds. The molecule has 0 bridgehead atoms. The number of aromatic nitrogens is 4. The summed E-state index contributed by atoms with van der Waals surface area (Å²) >= 11 is 1.66. The summed E-state index contributed by atoms with van der Waals surface area (Å²) in [5, 5.41) is 8.77. The van der Waals surface area contributed by atoms with Crippen molar-refractivity contribution in [2.24, 2.45) is 5.92 Å². The Morgan fingerprint density at radius 1 is 1.38 bits per heavy atom. The molecule has 1 aliphatic rings. The molecular weight excluding hydrogens is 452 g/mol. The molecule has 178 valence electrons. The normalized spacial score (nSPS) is 16.4. The van der Waals surface area contributed by atoms with Crippen molar-refractivity contribution in [1.29, 1.82) is 0 Å². The van der Waals surface area contributed by atoms with Crippen LogP contribution in [-0.2, 0) is 22.4 Å². The number of fused-ring (bicyclic) bond motifs is 4. The van der Waals surface area contributed by atoms with Crippen molar-refractivity contribution in [2.75, 3.05) is 33.2 Å². The molecule has 0 aromatic carbocycles. The van der Waals surface area contributed by atoms with Gasteiger partial charge >= 0.3 is 0 Å². The predicted octanol–water partition coefficient (Wildman–Crippen LogP) is 3.69. The molecule has 1 unspecified atom stereocenters. The van der Waals surface area contributed by atoms with E-state index in [2.05, 4.69) is 20.4 Å². The van der Waals surface area contributed by atoms with E-state index in [0.717, 1.165) is 46.5 Å². The van der Waals surface area contributed by atoms with Crippen LogP contribution in [0.5, 0.6) is 5.75 Å². The van der Waals surface area contributed by atoms with E-state index in [1.807, 2.05) is 37.2 Å². The van der Waals surface area contributed by atoms with Crippen molar-refractivity contribution in [1.82, 2.24) is 24.5 Å². The molecular formula is C24H28N6O3S. The molecule has 10 heteroatoms. The third-order valence-electron chi connectivity index (χ3n) is 6.58. The van der Waals surface area contributed by atoms with E-state index >= 15 is 0 Å². The Kier molecular flexibility index (Phi) is 6.09. The first-order chi connectivity index (χ1) is 16.5.